The zero-order valence-electron chi connectivity index (χ0n) is 14.9. The van der Waals surface area contributed by atoms with Gasteiger partial charge in [0.15, 0.2) is 0 Å². The van der Waals surface area contributed by atoms with Crippen LogP contribution in [0.2, 0.25) is 0 Å². The molecule has 7 heteroatoms. The van der Waals surface area contributed by atoms with Crippen LogP contribution in [0, 0.1) is 0 Å². The maximum absolute atomic E-state index is 12.0. The normalized spacial score (nSPS) is 20.7. The highest BCUT2D eigenvalue weighted by molar-refractivity contribution is 5.69. The molecule has 1 aromatic carbocycles. The molecule has 1 heterocycles. The van der Waals surface area contributed by atoms with Crippen molar-refractivity contribution < 1.29 is 24.2 Å². The van der Waals surface area contributed by atoms with Crippen LogP contribution in [0.1, 0.15) is 32.8 Å². The van der Waals surface area contributed by atoms with E-state index in [9.17, 15) is 14.7 Å². The number of nitrogens with zero attached hydrogens (tertiary/aromatic N) is 1. The van der Waals surface area contributed by atoms with Gasteiger partial charge in [-0.2, -0.15) is 0 Å². The average molecular weight is 350 g/mol. The lowest BCUT2D eigenvalue weighted by Gasteiger charge is -2.36. The number of piperidine rings is 1. The number of carbonyl (C=O) groups is 2. The largest absolute Gasteiger partial charge is 0.445 e. The van der Waals surface area contributed by atoms with E-state index in [0.29, 0.717) is 13.0 Å². The molecule has 2 rings (SSSR count). The maximum atomic E-state index is 12.0. The van der Waals surface area contributed by atoms with E-state index in [2.05, 4.69) is 5.32 Å². The lowest BCUT2D eigenvalue weighted by molar-refractivity contribution is -0.00475. The summed E-state index contributed by atoms with van der Waals surface area (Å²) in [6, 6.07) is 8.89. The summed E-state index contributed by atoms with van der Waals surface area (Å²) in [6.07, 6.45) is -1.48. The maximum Gasteiger partial charge on any atom is 0.410 e. The molecule has 1 saturated heterocycles. The third-order valence-corrected chi connectivity index (χ3v) is 3.75. The number of carbonyl (C=O) groups excluding carboxylic acids is 2. The fourth-order valence-corrected chi connectivity index (χ4v) is 2.51. The third-order valence-electron chi connectivity index (χ3n) is 3.75. The molecule has 0 aromatic heterocycles. The highest BCUT2D eigenvalue weighted by atomic mass is 16.6. The van der Waals surface area contributed by atoms with Crippen molar-refractivity contribution in [3.05, 3.63) is 35.9 Å². The first-order valence-corrected chi connectivity index (χ1v) is 8.38. The number of hydrogen-bond donors (Lipinski definition) is 2. The Kier molecular flexibility index (Phi) is 6.25. The number of amides is 2. The Morgan fingerprint density at radius 1 is 1.28 bits per heavy atom. The molecule has 0 aliphatic carbocycles. The second kappa shape index (κ2) is 8.20. The van der Waals surface area contributed by atoms with Gasteiger partial charge in [-0.25, -0.2) is 9.59 Å². The molecule has 0 spiro atoms. The minimum Gasteiger partial charge on any atom is -0.445 e. The number of ether oxygens (including phenoxy) is 2. The topological polar surface area (TPSA) is 88.1 Å². The van der Waals surface area contributed by atoms with Crippen LogP contribution in [-0.2, 0) is 16.1 Å². The van der Waals surface area contributed by atoms with Crippen molar-refractivity contribution in [1.82, 2.24) is 10.2 Å². The summed E-state index contributed by atoms with van der Waals surface area (Å²) < 4.78 is 10.4. The third kappa shape index (κ3) is 6.26. The summed E-state index contributed by atoms with van der Waals surface area (Å²) in [6.45, 7) is 6.04. The summed E-state index contributed by atoms with van der Waals surface area (Å²) in [7, 11) is 0. The van der Waals surface area contributed by atoms with E-state index in [1.165, 1.54) is 4.90 Å². The van der Waals surface area contributed by atoms with E-state index < -0.39 is 29.9 Å². The van der Waals surface area contributed by atoms with Gasteiger partial charge in [-0.3, -0.25) is 0 Å². The van der Waals surface area contributed by atoms with Crippen LogP contribution in [0.15, 0.2) is 30.3 Å². The molecule has 1 fully saturated rings. The zero-order valence-corrected chi connectivity index (χ0v) is 14.9. The van der Waals surface area contributed by atoms with Crippen molar-refractivity contribution in [1.29, 1.82) is 0 Å². The van der Waals surface area contributed by atoms with Crippen molar-refractivity contribution in [2.24, 2.45) is 0 Å². The Balaban J connectivity index is 1.77. The van der Waals surface area contributed by atoms with Gasteiger partial charge < -0.3 is 24.8 Å². The molecule has 2 amide bonds. The molecule has 1 aromatic rings. The predicted octanol–water partition coefficient (Wildman–Crippen LogP) is 2.28. The lowest BCUT2D eigenvalue weighted by Crippen LogP contribution is -2.56. The first kappa shape index (κ1) is 19.1. The Morgan fingerprint density at radius 3 is 2.56 bits per heavy atom. The smallest absolute Gasteiger partial charge is 0.410 e. The van der Waals surface area contributed by atoms with Gasteiger partial charge >= 0.3 is 12.2 Å². The standard InChI is InChI=1S/C18H26N2O5/c1-18(2,3)25-17(23)20-10-9-14(15(21)11-20)19-16(22)24-12-13-7-5-4-6-8-13/h4-8,14-15,21H,9-12H2,1-3H3,(H,19,22)/t14-,15+/m1/s1. The fourth-order valence-electron chi connectivity index (χ4n) is 2.51. The van der Waals surface area contributed by atoms with Crippen molar-refractivity contribution in [2.45, 2.75) is 51.5 Å². The van der Waals surface area contributed by atoms with Gasteiger partial charge in [-0.05, 0) is 32.8 Å². The number of alkyl carbamates (subject to hydrolysis) is 1. The monoisotopic (exact) mass is 350 g/mol. The van der Waals surface area contributed by atoms with E-state index in [1.807, 2.05) is 30.3 Å². The van der Waals surface area contributed by atoms with Crippen molar-refractivity contribution in [2.75, 3.05) is 13.1 Å². The zero-order chi connectivity index (χ0) is 18.4. The van der Waals surface area contributed by atoms with Gasteiger partial charge in [0, 0.05) is 6.54 Å². The molecule has 2 atom stereocenters. The molecule has 138 valence electrons. The summed E-state index contributed by atoms with van der Waals surface area (Å²) in [4.78, 5) is 25.4. The minimum absolute atomic E-state index is 0.110. The van der Waals surface area contributed by atoms with E-state index >= 15 is 0 Å². The molecule has 0 bridgehead atoms. The van der Waals surface area contributed by atoms with E-state index in [4.69, 9.17) is 9.47 Å². The Morgan fingerprint density at radius 2 is 1.96 bits per heavy atom. The van der Waals surface area contributed by atoms with Crippen LogP contribution in [0.25, 0.3) is 0 Å². The number of aliphatic hydroxyl groups excluding tert-OH is 1. The average Bonchev–Trinajstić information content (AvgIpc) is 2.54. The van der Waals surface area contributed by atoms with Crippen LogP contribution in [0.5, 0.6) is 0 Å². The lowest BCUT2D eigenvalue weighted by atomic mass is 10.0. The predicted molar refractivity (Wildman–Crippen MR) is 92.0 cm³/mol. The first-order valence-electron chi connectivity index (χ1n) is 8.38. The number of β-amino-alcohol motifs (C(OH)–C–C–N with tert-alkyl or cyclic N) is 1. The molecule has 2 N–H and O–H groups in total. The van der Waals surface area contributed by atoms with Gasteiger partial charge in [-0.15, -0.1) is 0 Å². The number of nitrogens with one attached hydrogen (secondary N) is 1. The Hall–Kier alpha value is -2.28. The van der Waals surface area contributed by atoms with Gasteiger partial charge in [0.2, 0.25) is 0 Å². The first-order chi connectivity index (χ1) is 11.7. The second-order valence-electron chi connectivity index (χ2n) is 7.09. The van der Waals surface area contributed by atoms with Gasteiger partial charge in [0.05, 0.1) is 18.7 Å². The molecular formula is C18H26N2O5. The number of rotatable bonds is 3. The number of benzene rings is 1. The summed E-state index contributed by atoms with van der Waals surface area (Å²) >= 11 is 0. The quantitative estimate of drug-likeness (QED) is 0.873. The number of aliphatic hydroxyl groups is 1. The van der Waals surface area contributed by atoms with E-state index in [1.54, 1.807) is 20.8 Å². The van der Waals surface area contributed by atoms with E-state index in [0.717, 1.165) is 5.56 Å². The minimum atomic E-state index is -0.870. The summed E-state index contributed by atoms with van der Waals surface area (Å²) in [5.74, 6) is 0. The highest BCUT2D eigenvalue weighted by Crippen LogP contribution is 2.16. The molecule has 0 unspecified atom stereocenters. The highest BCUT2D eigenvalue weighted by Gasteiger charge is 2.33. The Bertz CT molecular complexity index is 585. The SMILES string of the molecule is CC(C)(C)OC(=O)N1CC[C@@H](NC(=O)OCc2ccccc2)[C@@H](O)C1. The van der Waals surface area contributed by atoms with Crippen molar-refractivity contribution in [3.63, 3.8) is 0 Å². The molecule has 0 radical (unpaired) electrons. The van der Waals surface area contributed by atoms with Crippen LogP contribution < -0.4 is 5.32 Å². The van der Waals surface area contributed by atoms with E-state index in [-0.39, 0.29) is 13.2 Å². The van der Waals surface area contributed by atoms with Crippen LogP contribution in [-0.4, -0.2) is 53.0 Å². The molecule has 1 aliphatic heterocycles. The fraction of sp³-hybridized carbons (Fsp3) is 0.556. The Labute approximate surface area is 147 Å². The summed E-state index contributed by atoms with van der Waals surface area (Å²) in [5.41, 5.74) is 0.302. The summed E-state index contributed by atoms with van der Waals surface area (Å²) in [5, 5.41) is 12.9. The molecule has 25 heavy (non-hydrogen) atoms. The van der Waals surface area contributed by atoms with Crippen LogP contribution >= 0.6 is 0 Å². The molecule has 1 aliphatic rings. The van der Waals surface area contributed by atoms with Gasteiger partial charge in [0.1, 0.15) is 12.2 Å². The number of hydrogen-bond acceptors (Lipinski definition) is 5. The second-order valence-corrected chi connectivity index (χ2v) is 7.09. The number of likely N-dealkylation sites (tertiary alicyclic amines) is 1. The molecular weight excluding hydrogens is 324 g/mol. The van der Waals surface area contributed by atoms with Crippen molar-refractivity contribution in [3.8, 4) is 0 Å². The van der Waals surface area contributed by atoms with Crippen LogP contribution in [0.4, 0.5) is 9.59 Å². The molecule has 0 saturated carbocycles. The van der Waals surface area contributed by atoms with Crippen LogP contribution in [0.3, 0.4) is 0 Å². The van der Waals surface area contributed by atoms with Gasteiger partial charge in [-0.1, -0.05) is 30.3 Å². The van der Waals surface area contributed by atoms with Gasteiger partial charge in [0.25, 0.3) is 0 Å². The van der Waals surface area contributed by atoms with Crippen molar-refractivity contribution >= 4 is 12.2 Å². The molecule has 7 nitrogen and oxygen atoms in total.